The van der Waals surface area contributed by atoms with Gasteiger partial charge in [0.25, 0.3) is 11.5 Å². The second kappa shape index (κ2) is 10.4. The molecule has 0 spiro atoms. The van der Waals surface area contributed by atoms with Crippen LogP contribution in [0.2, 0.25) is 0 Å². The fourth-order valence-electron chi connectivity index (χ4n) is 5.12. The average molecular weight is 495 g/mol. The number of aryl methyl sites for hydroxylation is 2. The number of para-hydroxylation sites is 1. The number of rotatable bonds is 4. The molecule has 1 aliphatic carbocycles. The van der Waals surface area contributed by atoms with Crippen molar-refractivity contribution in [3.8, 4) is 11.3 Å². The van der Waals surface area contributed by atoms with E-state index in [-0.39, 0.29) is 5.56 Å². The Morgan fingerprint density at radius 3 is 2.49 bits per heavy atom. The van der Waals surface area contributed by atoms with Gasteiger partial charge in [-0.1, -0.05) is 42.5 Å². The van der Waals surface area contributed by atoms with E-state index in [1.54, 1.807) is 0 Å². The van der Waals surface area contributed by atoms with Gasteiger partial charge in [0.2, 0.25) is 0 Å². The summed E-state index contributed by atoms with van der Waals surface area (Å²) in [5.74, 6) is -0.833. The molecule has 0 aliphatic heterocycles. The van der Waals surface area contributed by atoms with Crippen LogP contribution in [-0.4, -0.2) is 25.6 Å². The maximum absolute atomic E-state index is 13.2. The lowest BCUT2D eigenvalue weighted by atomic mass is 9.91. The average Bonchev–Trinajstić information content (AvgIpc) is 3.25. The molecule has 2 heterocycles. The first-order valence-corrected chi connectivity index (χ1v) is 12.5. The third-order valence-corrected chi connectivity index (χ3v) is 6.78. The summed E-state index contributed by atoms with van der Waals surface area (Å²) in [6.07, 6.45) is 6.65. The number of carboxylic acids is 1. The molecule has 7 heteroatoms. The number of aromatic nitrogens is 3. The Kier molecular flexibility index (Phi) is 6.88. The quantitative estimate of drug-likeness (QED) is 0.325. The zero-order chi connectivity index (χ0) is 25.9. The molecule has 37 heavy (non-hydrogen) atoms. The topological polar surface area (TPSA) is 114 Å². The van der Waals surface area contributed by atoms with Gasteiger partial charge in [-0.2, -0.15) is 0 Å². The lowest BCUT2D eigenvalue weighted by molar-refractivity contribution is -0.134. The predicted octanol–water partition coefficient (Wildman–Crippen LogP) is 5.02. The minimum atomic E-state index is -0.833. The molecule has 0 atom stereocenters. The van der Waals surface area contributed by atoms with E-state index < -0.39 is 5.97 Å². The normalized spacial score (nSPS) is 12.7. The lowest BCUT2D eigenvalue weighted by Crippen LogP contribution is -2.12. The standard InChI is InChI=1S/C28H26N4O.C2H4O2/c29-15-18-6-5-7-19(12-18)16-32-17-23(22-10-3-4-11-26(22)32)27-28(33)31-25-14-21-9-2-1-8-20(21)13-24(25)30-27;1-2(3)4/h3-7,10-14,17H,1-2,8-9,15-16,29H2,(H,31,33);1H3,(H,3,4). The number of hydrogen-bond donors (Lipinski definition) is 3. The van der Waals surface area contributed by atoms with Crippen molar-refractivity contribution in [2.45, 2.75) is 45.7 Å². The third-order valence-electron chi connectivity index (χ3n) is 6.78. The largest absolute Gasteiger partial charge is 0.481 e. The SMILES string of the molecule is CC(=O)O.NCc1cccc(Cn2cc(-c3nc4cc5c(cc4[nH]c3=O)CCCC5)c3ccccc32)c1. The number of H-pyrrole nitrogens is 1. The number of carboxylic acid groups (broad SMARTS) is 1. The van der Waals surface area contributed by atoms with Crippen molar-refractivity contribution in [3.05, 3.63) is 99.5 Å². The van der Waals surface area contributed by atoms with Crippen molar-refractivity contribution < 1.29 is 9.90 Å². The number of hydrogen-bond acceptors (Lipinski definition) is 4. The summed E-state index contributed by atoms with van der Waals surface area (Å²) >= 11 is 0. The molecule has 7 nitrogen and oxygen atoms in total. The van der Waals surface area contributed by atoms with Crippen molar-refractivity contribution in [1.29, 1.82) is 0 Å². The number of carbonyl (C=O) groups is 1. The second-order valence-electron chi connectivity index (χ2n) is 9.49. The molecule has 0 unspecified atom stereocenters. The van der Waals surface area contributed by atoms with Crippen molar-refractivity contribution >= 4 is 27.9 Å². The van der Waals surface area contributed by atoms with Crippen LogP contribution in [0.25, 0.3) is 33.2 Å². The van der Waals surface area contributed by atoms with Crippen molar-refractivity contribution in [1.82, 2.24) is 14.5 Å². The van der Waals surface area contributed by atoms with E-state index in [0.717, 1.165) is 52.8 Å². The van der Waals surface area contributed by atoms with Crippen LogP contribution in [0.15, 0.2) is 71.7 Å². The number of benzene rings is 3. The Morgan fingerprint density at radius 1 is 1.03 bits per heavy atom. The minimum absolute atomic E-state index is 0.147. The summed E-state index contributed by atoms with van der Waals surface area (Å²) < 4.78 is 2.19. The molecule has 0 saturated heterocycles. The van der Waals surface area contributed by atoms with E-state index in [4.69, 9.17) is 20.6 Å². The molecule has 188 valence electrons. The highest BCUT2D eigenvalue weighted by Crippen LogP contribution is 2.30. The number of nitrogens with zero attached hydrogens (tertiary/aromatic N) is 2. The summed E-state index contributed by atoms with van der Waals surface area (Å²) in [6, 6.07) is 20.8. The first-order chi connectivity index (χ1) is 17.9. The number of nitrogens with two attached hydrogens (primary N) is 1. The Hall–Kier alpha value is -4.23. The molecule has 6 rings (SSSR count). The maximum atomic E-state index is 13.2. The van der Waals surface area contributed by atoms with Gasteiger partial charge >= 0.3 is 0 Å². The summed E-state index contributed by atoms with van der Waals surface area (Å²) in [5, 5.41) is 8.45. The van der Waals surface area contributed by atoms with Gasteiger partial charge < -0.3 is 20.4 Å². The molecule has 0 radical (unpaired) electrons. The first kappa shape index (κ1) is 24.5. The van der Waals surface area contributed by atoms with Gasteiger partial charge in [-0.05, 0) is 66.1 Å². The molecule has 4 N–H and O–H groups in total. The fraction of sp³-hybridized carbons (Fsp3) is 0.233. The summed E-state index contributed by atoms with van der Waals surface area (Å²) in [5.41, 5.74) is 14.8. The molecule has 1 aliphatic rings. The highest BCUT2D eigenvalue weighted by molar-refractivity contribution is 5.96. The van der Waals surface area contributed by atoms with Crippen molar-refractivity contribution in [3.63, 3.8) is 0 Å². The Bertz CT molecular complexity index is 1660. The molecule has 0 fully saturated rings. The van der Waals surface area contributed by atoms with E-state index in [1.165, 1.54) is 29.5 Å². The summed E-state index contributed by atoms with van der Waals surface area (Å²) in [4.78, 5) is 30.1. The molecule has 0 saturated carbocycles. The van der Waals surface area contributed by atoms with Gasteiger partial charge in [0.1, 0.15) is 5.69 Å². The Labute approximate surface area is 214 Å². The van der Waals surface area contributed by atoms with Gasteiger partial charge in [0.15, 0.2) is 0 Å². The van der Waals surface area contributed by atoms with E-state index >= 15 is 0 Å². The van der Waals surface area contributed by atoms with E-state index in [2.05, 4.69) is 52.1 Å². The fourth-order valence-corrected chi connectivity index (χ4v) is 5.12. The molecule has 5 aromatic rings. The zero-order valence-corrected chi connectivity index (χ0v) is 20.8. The van der Waals surface area contributed by atoms with Crippen LogP contribution in [-0.2, 0) is 30.7 Å². The van der Waals surface area contributed by atoms with Gasteiger partial charge in [-0.25, -0.2) is 4.98 Å². The van der Waals surface area contributed by atoms with Gasteiger partial charge in [0, 0.05) is 42.7 Å². The molecular weight excluding hydrogens is 464 g/mol. The number of nitrogens with one attached hydrogen (secondary N) is 1. The highest BCUT2D eigenvalue weighted by atomic mass is 16.4. The smallest absolute Gasteiger partial charge is 0.300 e. The molecule has 3 aromatic carbocycles. The monoisotopic (exact) mass is 494 g/mol. The van der Waals surface area contributed by atoms with Gasteiger partial charge in [0.05, 0.1) is 11.0 Å². The van der Waals surface area contributed by atoms with Crippen molar-refractivity contribution in [2.24, 2.45) is 5.73 Å². The molecular formula is C30H30N4O3. The predicted molar refractivity (Wildman–Crippen MR) is 147 cm³/mol. The van der Waals surface area contributed by atoms with Crippen LogP contribution in [0, 0.1) is 0 Å². The van der Waals surface area contributed by atoms with Gasteiger partial charge in [-0.3, -0.25) is 9.59 Å². The number of aromatic amines is 1. The van der Waals surface area contributed by atoms with Crippen LogP contribution in [0.5, 0.6) is 0 Å². The van der Waals surface area contributed by atoms with Crippen molar-refractivity contribution in [2.75, 3.05) is 0 Å². The Balaban J connectivity index is 0.000000655. The summed E-state index contributed by atoms with van der Waals surface area (Å²) in [6.45, 7) is 2.30. The zero-order valence-electron chi connectivity index (χ0n) is 20.8. The van der Waals surface area contributed by atoms with Gasteiger partial charge in [-0.15, -0.1) is 0 Å². The maximum Gasteiger partial charge on any atom is 0.300 e. The van der Waals surface area contributed by atoms with Crippen LogP contribution in [0.3, 0.4) is 0 Å². The number of fused-ring (bicyclic) bond motifs is 3. The summed E-state index contributed by atoms with van der Waals surface area (Å²) in [7, 11) is 0. The molecule has 0 amide bonds. The third kappa shape index (κ3) is 5.17. The first-order valence-electron chi connectivity index (χ1n) is 12.5. The van der Waals surface area contributed by atoms with Crippen LogP contribution in [0.1, 0.15) is 42.0 Å². The second-order valence-corrected chi connectivity index (χ2v) is 9.49. The van der Waals surface area contributed by atoms with Crippen LogP contribution >= 0.6 is 0 Å². The lowest BCUT2D eigenvalue weighted by Gasteiger charge is -2.16. The van der Waals surface area contributed by atoms with Crippen LogP contribution < -0.4 is 11.3 Å². The molecule has 2 aromatic heterocycles. The van der Waals surface area contributed by atoms with E-state index in [1.807, 2.05) is 24.3 Å². The van der Waals surface area contributed by atoms with E-state index in [9.17, 15) is 4.79 Å². The minimum Gasteiger partial charge on any atom is -0.481 e. The highest BCUT2D eigenvalue weighted by Gasteiger charge is 2.17. The molecule has 0 bridgehead atoms. The van der Waals surface area contributed by atoms with E-state index in [0.29, 0.717) is 18.8 Å². The Morgan fingerprint density at radius 2 is 1.73 bits per heavy atom. The van der Waals surface area contributed by atoms with Crippen LogP contribution in [0.4, 0.5) is 0 Å². The number of aliphatic carboxylic acids is 1.